The molecule has 1 saturated heterocycles. The summed E-state index contributed by atoms with van der Waals surface area (Å²) in [5.41, 5.74) is 0. The number of rotatable bonds is 14. The van der Waals surface area contributed by atoms with Gasteiger partial charge in [-0.2, -0.15) is 0 Å². The summed E-state index contributed by atoms with van der Waals surface area (Å²) in [7, 11) is 0. The largest absolute Gasteiger partial charge is 0.394 e. The van der Waals surface area contributed by atoms with Crippen molar-refractivity contribution < 1.29 is 29.9 Å². The minimum Gasteiger partial charge on any atom is -0.394 e. The molecule has 0 aromatic rings. The molecular weight excluding hydrogens is 336 g/mol. The highest BCUT2D eigenvalue weighted by atomic mass is 16.7. The van der Waals surface area contributed by atoms with E-state index in [-0.39, 0.29) is 0 Å². The van der Waals surface area contributed by atoms with E-state index in [1.54, 1.807) is 0 Å². The van der Waals surface area contributed by atoms with Crippen molar-refractivity contribution in [1.29, 1.82) is 0 Å². The van der Waals surface area contributed by atoms with Crippen molar-refractivity contribution in [2.24, 2.45) is 5.92 Å². The Kier molecular flexibility index (Phi) is 12.7. The van der Waals surface area contributed by atoms with Gasteiger partial charge in [0.2, 0.25) is 0 Å². The number of aliphatic hydroxyl groups excluding tert-OH is 4. The van der Waals surface area contributed by atoms with E-state index in [2.05, 4.69) is 13.8 Å². The Balaban J connectivity index is 2.46. The quantitative estimate of drug-likeness (QED) is 0.347. The summed E-state index contributed by atoms with van der Waals surface area (Å²) in [5.74, 6) is 0.399. The summed E-state index contributed by atoms with van der Waals surface area (Å²) < 4.78 is 11.2. The van der Waals surface area contributed by atoms with Crippen LogP contribution in [0.2, 0.25) is 0 Å². The molecule has 0 aliphatic carbocycles. The average molecular weight is 377 g/mol. The molecule has 1 rings (SSSR count). The molecule has 6 nitrogen and oxygen atoms in total. The molecule has 0 bridgehead atoms. The second-order valence-electron chi connectivity index (χ2n) is 7.60. The fraction of sp³-hybridized carbons (Fsp3) is 1.00. The van der Waals surface area contributed by atoms with Crippen LogP contribution in [-0.4, -0.2) is 64.3 Å². The van der Waals surface area contributed by atoms with Crippen LogP contribution in [0, 0.1) is 5.92 Å². The molecule has 2 unspecified atom stereocenters. The Morgan fingerprint density at radius 3 is 2.00 bits per heavy atom. The van der Waals surface area contributed by atoms with E-state index in [4.69, 9.17) is 9.47 Å². The van der Waals surface area contributed by atoms with E-state index >= 15 is 0 Å². The van der Waals surface area contributed by atoms with Crippen molar-refractivity contribution in [3.8, 4) is 0 Å². The van der Waals surface area contributed by atoms with Crippen LogP contribution in [0.3, 0.4) is 0 Å². The van der Waals surface area contributed by atoms with Crippen LogP contribution in [0.4, 0.5) is 0 Å². The van der Waals surface area contributed by atoms with Gasteiger partial charge >= 0.3 is 0 Å². The van der Waals surface area contributed by atoms with E-state index in [1.807, 2.05) is 0 Å². The van der Waals surface area contributed by atoms with Crippen molar-refractivity contribution in [3.05, 3.63) is 0 Å². The molecule has 4 N–H and O–H groups in total. The predicted molar refractivity (Wildman–Crippen MR) is 101 cm³/mol. The highest BCUT2D eigenvalue weighted by molar-refractivity contribution is 4.88. The van der Waals surface area contributed by atoms with Gasteiger partial charge in [-0.1, -0.05) is 65.2 Å². The molecule has 156 valence electrons. The zero-order valence-electron chi connectivity index (χ0n) is 16.6. The fourth-order valence-corrected chi connectivity index (χ4v) is 3.47. The predicted octanol–water partition coefficient (Wildman–Crippen LogP) is 2.36. The smallest absolute Gasteiger partial charge is 0.186 e. The van der Waals surface area contributed by atoms with Crippen molar-refractivity contribution in [2.75, 3.05) is 13.2 Å². The van der Waals surface area contributed by atoms with Gasteiger partial charge in [-0.25, -0.2) is 0 Å². The van der Waals surface area contributed by atoms with Gasteiger partial charge in [0, 0.05) is 0 Å². The highest BCUT2D eigenvalue weighted by Gasteiger charge is 2.44. The molecule has 0 aromatic heterocycles. The Morgan fingerprint density at radius 1 is 0.808 bits per heavy atom. The van der Waals surface area contributed by atoms with Gasteiger partial charge in [0.15, 0.2) is 6.29 Å². The first-order valence-corrected chi connectivity index (χ1v) is 10.5. The minimum absolute atomic E-state index is 0.399. The minimum atomic E-state index is -1.38. The van der Waals surface area contributed by atoms with E-state index in [1.165, 1.54) is 44.9 Å². The molecule has 6 atom stereocenters. The van der Waals surface area contributed by atoms with E-state index in [0.29, 0.717) is 12.5 Å². The first-order valence-electron chi connectivity index (χ1n) is 10.5. The van der Waals surface area contributed by atoms with Gasteiger partial charge in [-0.15, -0.1) is 0 Å². The van der Waals surface area contributed by atoms with Crippen LogP contribution in [0.25, 0.3) is 0 Å². The lowest BCUT2D eigenvalue weighted by Gasteiger charge is -2.40. The SMILES string of the molecule is CCCCCCCC(CCCCC)COC1O[C@H](CO)[C@@H](O)[C@H](O)[C@H]1O. The molecule has 0 amide bonds. The maximum atomic E-state index is 10.1. The first-order chi connectivity index (χ1) is 12.5. The molecule has 1 heterocycles. The number of hydrogen-bond acceptors (Lipinski definition) is 6. The topological polar surface area (TPSA) is 99.4 Å². The Bertz CT molecular complexity index is 338. The van der Waals surface area contributed by atoms with E-state index in [9.17, 15) is 20.4 Å². The Morgan fingerprint density at radius 2 is 1.38 bits per heavy atom. The van der Waals surface area contributed by atoms with Crippen LogP contribution in [-0.2, 0) is 9.47 Å². The third-order valence-electron chi connectivity index (χ3n) is 5.28. The molecule has 0 spiro atoms. The van der Waals surface area contributed by atoms with Crippen molar-refractivity contribution in [1.82, 2.24) is 0 Å². The number of aliphatic hydroxyl groups is 4. The monoisotopic (exact) mass is 376 g/mol. The highest BCUT2D eigenvalue weighted by Crippen LogP contribution is 2.24. The molecule has 1 fully saturated rings. The normalized spacial score (nSPS) is 30.5. The lowest BCUT2D eigenvalue weighted by Crippen LogP contribution is -2.59. The molecular formula is C20H40O6. The fourth-order valence-electron chi connectivity index (χ4n) is 3.47. The third-order valence-corrected chi connectivity index (χ3v) is 5.28. The zero-order chi connectivity index (χ0) is 19.4. The van der Waals surface area contributed by atoms with Crippen LogP contribution in [0.5, 0.6) is 0 Å². The van der Waals surface area contributed by atoms with Crippen LogP contribution >= 0.6 is 0 Å². The number of hydrogen-bond donors (Lipinski definition) is 4. The van der Waals surface area contributed by atoms with Crippen LogP contribution < -0.4 is 0 Å². The standard InChI is InChI=1S/C20H40O6/c1-3-5-7-8-10-12-15(11-9-6-4-2)14-25-20-19(24)18(23)17(22)16(13-21)26-20/h15-24H,3-14H2,1-2H3/t15?,16-,17-,18+,19-,20?/m1/s1. The third kappa shape index (κ3) is 8.19. The van der Waals surface area contributed by atoms with E-state index < -0.39 is 37.3 Å². The van der Waals surface area contributed by atoms with Crippen molar-refractivity contribution >= 4 is 0 Å². The van der Waals surface area contributed by atoms with Gasteiger partial charge < -0.3 is 29.9 Å². The second-order valence-corrected chi connectivity index (χ2v) is 7.60. The summed E-state index contributed by atoms with van der Waals surface area (Å²) >= 11 is 0. The van der Waals surface area contributed by atoms with Gasteiger partial charge in [0.1, 0.15) is 24.4 Å². The van der Waals surface area contributed by atoms with Crippen molar-refractivity contribution in [3.63, 3.8) is 0 Å². The van der Waals surface area contributed by atoms with Gasteiger partial charge in [0.25, 0.3) is 0 Å². The first kappa shape index (κ1) is 23.8. The van der Waals surface area contributed by atoms with Crippen LogP contribution in [0.15, 0.2) is 0 Å². The summed E-state index contributed by atoms with van der Waals surface area (Å²) in [6.45, 7) is 4.43. The molecule has 0 aromatic carbocycles. The molecule has 0 radical (unpaired) electrons. The summed E-state index contributed by atoms with van der Waals surface area (Å²) in [5, 5.41) is 39.0. The van der Waals surface area contributed by atoms with Crippen LogP contribution in [0.1, 0.15) is 78.1 Å². The molecule has 6 heteroatoms. The molecule has 1 aliphatic heterocycles. The molecule has 1 aliphatic rings. The molecule has 0 saturated carbocycles. The lowest BCUT2D eigenvalue weighted by molar-refractivity contribution is -0.303. The van der Waals surface area contributed by atoms with Gasteiger partial charge in [-0.3, -0.25) is 0 Å². The average Bonchev–Trinajstić information content (AvgIpc) is 2.65. The van der Waals surface area contributed by atoms with E-state index in [0.717, 1.165) is 19.3 Å². The maximum absolute atomic E-state index is 10.1. The second kappa shape index (κ2) is 13.9. The summed E-state index contributed by atoms with van der Waals surface area (Å²) in [6, 6.07) is 0. The zero-order valence-corrected chi connectivity index (χ0v) is 16.6. The maximum Gasteiger partial charge on any atom is 0.186 e. The summed E-state index contributed by atoms with van der Waals surface area (Å²) in [4.78, 5) is 0. The van der Waals surface area contributed by atoms with Crippen molar-refractivity contribution in [2.45, 2.75) is 109 Å². The molecule has 26 heavy (non-hydrogen) atoms. The summed E-state index contributed by atoms with van der Waals surface area (Å²) in [6.07, 6.45) is 5.95. The van der Waals surface area contributed by atoms with Gasteiger partial charge in [0.05, 0.1) is 13.2 Å². The Labute approximate surface area is 158 Å². The van der Waals surface area contributed by atoms with Gasteiger partial charge in [-0.05, 0) is 18.8 Å². The number of ether oxygens (including phenoxy) is 2. The Hall–Kier alpha value is -0.240. The lowest BCUT2D eigenvalue weighted by atomic mass is 9.95. The number of unbranched alkanes of at least 4 members (excludes halogenated alkanes) is 6.